The van der Waals surface area contributed by atoms with E-state index in [-0.39, 0.29) is 11.4 Å². The first-order valence-corrected chi connectivity index (χ1v) is 7.72. The van der Waals surface area contributed by atoms with Gasteiger partial charge in [-0.2, -0.15) is 10.2 Å². The largest absolute Gasteiger partial charge is 0.281 e. The molecule has 20 heavy (non-hydrogen) atoms. The highest BCUT2D eigenvalue weighted by atomic mass is 32.2. The lowest BCUT2D eigenvalue weighted by Gasteiger charge is -2.07. The van der Waals surface area contributed by atoms with Gasteiger partial charge >= 0.3 is 0 Å². The van der Waals surface area contributed by atoms with Crippen LogP contribution < -0.4 is 4.72 Å². The molecule has 110 valence electrons. The summed E-state index contributed by atoms with van der Waals surface area (Å²) in [7, 11) is -1.74. The summed E-state index contributed by atoms with van der Waals surface area (Å²) >= 11 is 0. The van der Waals surface area contributed by atoms with E-state index in [1.54, 1.807) is 18.5 Å². The Morgan fingerprint density at radius 1 is 1.20 bits per heavy atom. The fourth-order valence-electron chi connectivity index (χ4n) is 2.25. The van der Waals surface area contributed by atoms with E-state index in [9.17, 15) is 8.42 Å². The third kappa shape index (κ3) is 2.48. The fourth-order valence-corrected chi connectivity index (χ4v) is 3.61. The summed E-state index contributed by atoms with van der Waals surface area (Å²) in [5, 5.41) is 10.9. The summed E-state index contributed by atoms with van der Waals surface area (Å²) in [4.78, 5) is 0.219. The van der Waals surface area contributed by atoms with Gasteiger partial charge in [-0.25, -0.2) is 13.1 Å². The minimum atomic E-state index is -3.58. The molecule has 0 saturated carbocycles. The van der Waals surface area contributed by atoms with E-state index < -0.39 is 10.0 Å². The van der Waals surface area contributed by atoms with Crippen LogP contribution in [0.4, 0.5) is 0 Å². The summed E-state index contributed by atoms with van der Waals surface area (Å²) < 4.78 is 29.0. The minimum Gasteiger partial charge on any atom is -0.281 e. The lowest BCUT2D eigenvalue weighted by Crippen LogP contribution is -2.24. The average Bonchev–Trinajstić information content (AvgIpc) is 2.79. The van der Waals surface area contributed by atoms with E-state index in [0.717, 1.165) is 17.0 Å². The lowest BCUT2D eigenvalue weighted by molar-refractivity contribution is 0.580. The molecule has 2 heterocycles. The van der Waals surface area contributed by atoms with E-state index >= 15 is 0 Å². The second-order valence-electron chi connectivity index (χ2n) is 4.86. The number of nitrogens with zero attached hydrogens (tertiary/aromatic N) is 3. The third-order valence-electron chi connectivity index (χ3n) is 3.43. The van der Waals surface area contributed by atoms with Crippen molar-refractivity contribution in [2.75, 3.05) is 0 Å². The van der Waals surface area contributed by atoms with Gasteiger partial charge in [-0.1, -0.05) is 0 Å². The zero-order valence-electron chi connectivity index (χ0n) is 12.3. The van der Waals surface area contributed by atoms with Crippen molar-refractivity contribution in [3.63, 3.8) is 0 Å². The van der Waals surface area contributed by atoms with Crippen molar-refractivity contribution in [3.8, 4) is 0 Å². The van der Waals surface area contributed by atoms with E-state index in [2.05, 4.69) is 20.0 Å². The van der Waals surface area contributed by atoms with Crippen LogP contribution in [0.25, 0.3) is 0 Å². The van der Waals surface area contributed by atoms with Crippen LogP contribution in [0.15, 0.2) is 4.90 Å². The fraction of sp³-hybridized carbons (Fsp3) is 0.500. The molecule has 0 spiro atoms. The van der Waals surface area contributed by atoms with Crippen LogP contribution in [0, 0.1) is 27.7 Å². The molecule has 0 aliphatic heterocycles. The summed E-state index contributed by atoms with van der Waals surface area (Å²) in [6, 6.07) is 0. The van der Waals surface area contributed by atoms with Crippen molar-refractivity contribution < 1.29 is 8.42 Å². The number of aromatic nitrogens is 4. The smallest absolute Gasteiger partial charge is 0.244 e. The van der Waals surface area contributed by atoms with E-state index in [4.69, 9.17) is 0 Å². The molecule has 0 aliphatic rings. The van der Waals surface area contributed by atoms with Crippen LogP contribution in [0.5, 0.6) is 0 Å². The maximum absolute atomic E-state index is 12.3. The Bertz CT molecular complexity index is 723. The predicted octanol–water partition coefficient (Wildman–Crippen LogP) is 0.855. The second kappa shape index (κ2) is 5.02. The quantitative estimate of drug-likeness (QED) is 0.875. The molecule has 0 unspecified atom stereocenters. The summed E-state index contributed by atoms with van der Waals surface area (Å²) in [5.74, 6) is 0. The SMILES string of the molecule is Cc1nn(C)c(C)c1CNS(=O)(=O)c1c(C)n[nH]c1C. The van der Waals surface area contributed by atoms with Gasteiger partial charge in [-0.05, 0) is 27.7 Å². The van der Waals surface area contributed by atoms with Gasteiger partial charge in [-0.3, -0.25) is 9.78 Å². The number of aromatic amines is 1. The van der Waals surface area contributed by atoms with Gasteiger partial charge in [0.1, 0.15) is 4.90 Å². The molecule has 0 fully saturated rings. The second-order valence-corrected chi connectivity index (χ2v) is 6.56. The number of rotatable bonds is 4. The molecule has 8 heteroatoms. The normalized spacial score (nSPS) is 12.1. The van der Waals surface area contributed by atoms with Crippen molar-refractivity contribution in [1.29, 1.82) is 0 Å². The number of hydrogen-bond donors (Lipinski definition) is 2. The highest BCUT2D eigenvalue weighted by Crippen LogP contribution is 2.18. The maximum Gasteiger partial charge on any atom is 0.244 e. The van der Waals surface area contributed by atoms with Gasteiger partial charge in [0.2, 0.25) is 10.0 Å². The molecular formula is C12H19N5O2S. The maximum atomic E-state index is 12.3. The van der Waals surface area contributed by atoms with Gasteiger partial charge in [0.25, 0.3) is 0 Å². The van der Waals surface area contributed by atoms with Gasteiger partial charge in [0.15, 0.2) is 0 Å². The first-order valence-electron chi connectivity index (χ1n) is 6.24. The van der Waals surface area contributed by atoms with Crippen LogP contribution in [-0.4, -0.2) is 28.4 Å². The highest BCUT2D eigenvalue weighted by molar-refractivity contribution is 7.89. The zero-order valence-corrected chi connectivity index (χ0v) is 13.1. The molecule has 0 saturated heterocycles. The molecule has 2 N–H and O–H groups in total. The molecular weight excluding hydrogens is 278 g/mol. The summed E-state index contributed by atoms with van der Waals surface area (Å²) in [6.45, 7) is 7.36. The molecule has 2 rings (SSSR count). The average molecular weight is 297 g/mol. The Morgan fingerprint density at radius 3 is 2.30 bits per heavy atom. The molecule has 7 nitrogen and oxygen atoms in total. The van der Waals surface area contributed by atoms with Crippen molar-refractivity contribution in [2.45, 2.75) is 39.1 Å². The van der Waals surface area contributed by atoms with Gasteiger partial charge in [-0.15, -0.1) is 0 Å². The Kier molecular flexibility index (Phi) is 3.70. The highest BCUT2D eigenvalue weighted by Gasteiger charge is 2.22. The molecule has 0 atom stereocenters. The van der Waals surface area contributed by atoms with Crippen molar-refractivity contribution >= 4 is 10.0 Å². The van der Waals surface area contributed by atoms with Crippen LogP contribution >= 0.6 is 0 Å². The molecule has 0 amide bonds. The van der Waals surface area contributed by atoms with Crippen LogP contribution in [-0.2, 0) is 23.6 Å². The summed E-state index contributed by atoms with van der Waals surface area (Å²) in [6.07, 6.45) is 0. The number of hydrogen-bond acceptors (Lipinski definition) is 4. The minimum absolute atomic E-state index is 0.219. The van der Waals surface area contributed by atoms with E-state index in [1.807, 2.05) is 20.9 Å². The number of sulfonamides is 1. The molecule has 0 bridgehead atoms. The standard InChI is InChI=1S/C12H19N5O2S/c1-7-11(10(4)17(5)16-7)6-13-20(18,19)12-8(2)14-15-9(12)3/h13H,6H2,1-5H3,(H,14,15). The van der Waals surface area contributed by atoms with Crippen molar-refractivity contribution in [2.24, 2.45) is 7.05 Å². The lowest BCUT2D eigenvalue weighted by atomic mass is 10.2. The first kappa shape index (κ1) is 14.7. The Hall–Kier alpha value is -1.67. The topological polar surface area (TPSA) is 92.7 Å². The Balaban J connectivity index is 2.27. The van der Waals surface area contributed by atoms with E-state index in [1.165, 1.54) is 0 Å². The van der Waals surface area contributed by atoms with Crippen LogP contribution in [0.2, 0.25) is 0 Å². The van der Waals surface area contributed by atoms with Crippen molar-refractivity contribution in [1.82, 2.24) is 24.7 Å². The molecule has 0 aromatic carbocycles. The number of nitrogens with one attached hydrogen (secondary N) is 2. The number of H-pyrrole nitrogens is 1. The predicted molar refractivity (Wildman–Crippen MR) is 74.8 cm³/mol. The Labute approximate surface area is 118 Å². The Morgan fingerprint density at radius 2 is 1.85 bits per heavy atom. The number of aryl methyl sites for hydroxylation is 4. The van der Waals surface area contributed by atoms with Gasteiger partial charge in [0.05, 0.1) is 17.1 Å². The third-order valence-corrected chi connectivity index (χ3v) is 5.09. The van der Waals surface area contributed by atoms with Crippen molar-refractivity contribution in [3.05, 3.63) is 28.3 Å². The van der Waals surface area contributed by atoms with E-state index in [0.29, 0.717) is 11.4 Å². The van der Waals surface area contributed by atoms with Gasteiger partial charge < -0.3 is 0 Å². The molecule has 2 aromatic heterocycles. The van der Waals surface area contributed by atoms with Crippen LogP contribution in [0.3, 0.4) is 0 Å². The molecule has 0 aliphatic carbocycles. The summed E-state index contributed by atoms with van der Waals surface area (Å²) in [5.41, 5.74) is 3.68. The first-order chi connectivity index (χ1) is 9.24. The molecule has 0 radical (unpaired) electrons. The van der Waals surface area contributed by atoms with Crippen LogP contribution in [0.1, 0.15) is 28.3 Å². The molecule has 2 aromatic rings. The van der Waals surface area contributed by atoms with Gasteiger partial charge in [0, 0.05) is 24.8 Å². The zero-order chi connectivity index (χ0) is 15.1. The monoisotopic (exact) mass is 297 g/mol.